The second-order valence-electron chi connectivity index (χ2n) is 5.10. The Bertz CT molecular complexity index is 368. The number of aliphatic hydroxyl groups is 1. The van der Waals surface area contributed by atoms with E-state index in [9.17, 15) is 5.11 Å². The van der Waals surface area contributed by atoms with Crippen molar-refractivity contribution in [3.8, 4) is 0 Å². The highest BCUT2D eigenvalue weighted by Crippen LogP contribution is 2.32. The summed E-state index contributed by atoms with van der Waals surface area (Å²) in [7, 11) is 0. The molecule has 1 aromatic carbocycles. The third kappa shape index (κ3) is 3.96. The van der Waals surface area contributed by atoms with Crippen molar-refractivity contribution in [2.45, 2.75) is 43.0 Å². The van der Waals surface area contributed by atoms with Crippen LogP contribution in [0.25, 0.3) is 6.08 Å². The molecule has 1 fully saturated rings. The van der Waals surface area contributed by atoms with Gasteiger partial charge in [0.05, 0.1) is 6.10 Å². The lowest BCUT2D eigenvalue weighted by Gasteiger charge is -2.28. The van der Waals surface area contributed by atoms with E-state index in [1.807, 2.05) is 42.5 Å². The molecule has 1 aliphatic rings. The van der Waals surface area contributed by atoms with Gasteiger partial charge in [0.15, 0.2) is 0 Å². The van der Waals surface area contributed by atoms with E-state index in [4.69, 9.17) is 0 Å². The lowest BCUT2D eigenvalue weighted by atomic mass is 9.85. The normalized spacial score (nSPS) is 21.0. The molecule has 18 heavy (non-hydrogen) atoms. The fraction of sp³-hybridized carbons (Fsp3) is 0.500. The number of alkyl halides is 1. The SMILES string of the molecule is O[C@H](/C=C/c1ccccc1)[C@@H](Br)C1CCCCC1. The van der Waals surface area contributed by atoms with Crippen LogP contribution in [0.3, 0.4) is 0 Å². The van der Waals surface area contributed by atoms with Crippen molar-refractivity contribution in [3.05, 3.63) is 42.0 Å². The molecule has 0 heterocycles. The number of benzene rings is 1. The van der Waals surface area contributed by atoms with Crippen molar-refractivity contribution < 1.29 is 5.11 Å². The first kappa shape index (κ1) is 13.8. The summed E-state index contributed by atoms with van der Waals surface area (Å²) in [4.78, 5) is 0.192. The molecule has 2 heteroatoms. The Morgan fingerprint density at radius 2 is 1.78 bits per heavy atom. The fourth-order valence-corrected chi connectivity index (χ4v) is 3.32. The van der Waals surface area contributed by atoms with Gasteiger partial charge in [-0.25, -0.2) is 0 Å². The third-order valence-electron chi connectivity index (χ3n) is 3.71. The largest absolute Gasteiger partial charge is 0.388 e. The van der Waals surface area contributed by atoms with E-state index in [1.54, 1.807) is 0 Å². The number of hydrogen-bond acceptors (Lipinski definition) is 1. The second kappa shape index (κ2) is 7.10. The molecule has 0 amide bonds. The van der Waals surface area contributed by atoms with Gasteiger partial charge in [0.25, 0.3) is 0 Å². The molecule has 0 spiro atoms. The van der Waals surface area contributed by atoms with Crippen LogP contribution in [0.4, 0.5) is 0 Å². The van der Waals surface area contributed by atoms with Crippen LogP contribution < -0.4 is 0 Å². The Labute approximate surface area is 118 Å². The van der Waals surface area contributed by atoms with E-state index in [2.05, 4.69) is 15.9 Å². The minimum atomic E-state index is -0.395. The van der Waals surface area contributed by atoms with E-state index in [0.717, 1.165) is 5.56 Å². The van der Waals surface area contributed by atoms with Gasteiger partial charge in [-0.15, -0.1) is 0 Å². The molecule has 0 radical (unpaired) electrons. The number of rotatable bonds is 4. The summed E-state index contributed by atoms with van der Waals surface area (Å²) in [5, 5.41) is 10.2. The Kier molecular flexibility index (Phi) is 5.45. The Hall–Kier alpha value is -0.600. The van der Waals surface area contributed by atoms with Crippen molar-refractivity contribution in [3.63, 3.8) is 0 Å². The van der Waals surface area contributed by atoms with Gasteiger partial charge in [-0.3, -0.25) is 0 Å². The zero-order valence-corrected chi connectivity index (χ0v) is 12.2. The smallest absolute Gasteiger partial charge is 0.0851 e. The Balaban J connectivity index is 1.90. The van der Waals surface area contributed by atoms with Gasteiger partial charge in [0.1, 0.15) is 0 Å². The molecule has 0 aromatic heterocycles. The molecule has 0 aliphatic heterocycles. The molecule has 0 saturated heterocycles. The number of aliphatic hydroxyl groups excluding tert-OH is 1. The first-order chi connectivity index (χ1) is 8.77. The highest BCUT2D eigenvalue weighted by molar-refractivity contribution is 9.09. The fourth-order valence-electron chi connectivity index (χ4n) is 2.61. The van der Waals surface area contributed by atoms with Crippen molar-refractivity contribution in [2.24, 2.45) is 5.92 Å². The molecule has 0 bridgehead atoms. The quantitative estimate of drug-likeness (QED) is 0.817. The van der Waals surface area contributed by atoms with Crippen LogP contribution in [0.1, 0.15) is 37.7 Å². The van der Waals surface area contributed by atoms with E-state index in [1.165, 1.54) is 32.1 Å². The van der Waals surface area contributed by atoms with Crippen LogP contribution >= 0.6 is 15.9 Å². The summed E-state index contributed by atoms with van der Waals surface area (Å²) in [5.41, 5.74) is 1.14. The standard InChI is InChI=1S/C16H21BrO/c17-16(14-9-5-2-6-10-14)15(18)12-11-13-7-3-1-4-8-13/h1,3-4,7-8,11-12,14-16,18H,2,5-6,9-10H2/b12-11+/t15-,16+/m1/s1. The van der Waals surface area contributed by atoms with Gasteiger partial charge in [-0.05, 0) is 24.3 Å². The van der Waals surface area contributed by atoms with Gasteiger partial charge in [0, 0.05) is 4.83 Å². The van der Waals surface area contributed by atoms with E-state index in [0.29, 0.717) is 5.92 Å². The molecular formula is C16H21BrO. The lowest BCUT2D eigenvalue weighted by Crippen LogP contribution is -2.28. The second-order valence-corrected chi connectivity index (χ2v) is 6.16. The first-order valence-electron chi connectivity index (χ1n) is 6.83. The molecule has 1 nitrogen and oxygen atoms in total. The Morgan fingerprint density at radius 1 is 1.11 bits per heavy atom. The topological polar surface area (TPSA) is 20.2 Å². The van der Waals surface area contributed by atoms with Crippen LogP contribution in [0.15, 0.2) is 36.4 Å². The zero-order valence-electron chi connectivity index (χ0n) is 10.6. The summed E-state index contributed by atoms with van der Waals surface area (Å²) in [5.74, 6) is 0.620. The number of hydrogen-bond donors (Lipinski definition) is 1. The van der Waals surface area contributed by atoms with Crippen LogP contribution in [0.5, 0.6) is 0 Å². The Morgan fingerprint density at radius 3 is 2.44 bits per heavy atom. The van der Waals surface area contributed by atoms with Gasteiger partial charge in [-0.1, -0.05) is 77.7 Å². The molecule has 98 valence electrons. The molecule has 1 N–H and O–H groups in total. The van der Waals surface area contributed by atoms with Crippen molar-refractivity contribution in [2.75, 3.05) is 0 Å². The van der Waals surface area contributed by atoms with E-state index in [-0.39, 0.29) is 4.83 Å². The molecule has 1 aliphatic carbocycles. The molecule has 1 saturated carbocycles. The van der Waals surface area contributed by atoms with Crippen molar-refractivity contribution in [1.29, 1.82) is 0 Å². The predicted molar refractivity (Wildman–Crippen MR) is 80.8 cm³/mol. The molecule has 2 atom stereocenters. The summed E-state index contributed by atoms with van der Waals surface area (Å²) < 4.78 is 0. The van der Waals surface area contributed by atoms with Crippen molar-refractivity contribution in [1.82, 2.24) is 0 Å². The minimum absolute atomic E-state index is 0.192. The van der Waals surface area contributed by atoms with Crippen LogP contribution in [0.2, 0.25) is 0 Å². The van der Waals surface area contributed by atoms with Crippen LogP contribution in [0, 0.1) is 5.92 Å². The predicted octanol–water partition coefficient (Wildman–Crippen LogP) is 4.40. The van der Waals surface area contributed by atoms with Crippen LogP contribution in [-0.2, 0) is 0 Å². The third-order valence-corrected chi connectivity index (χ3v) is 5.00. The minimum Gasteiger partial charge on any atom is -0.388 e. The highest BCUT2D eigenvalue weighted by Gasteiger charge is 2.25. The average molecular weight is 309 g/mol. The summed E-state index contributed by atoms with van der Waals surface area (Å²) in [6.07, 6.45) is 9.97. The van der Waals surface area contributed by atoms with Gasteiger partial charge in [0.2, 0.25) is 0 Å². The van der Waals surface area contributed by atoms with E-state index < -0.39 is 6.10 Å². The maximum atomic E-state index is 10.2. The molecule has 0 unspecified atom stereocenters. The number of halogens is 1. The molecular weight excluding hydrogens is 288 g/mol. The van der Waals surface area contributed by atoms with Gasteiger partial charge >= 0.3 is 0 Å². The monoisotopic (exact) mass is 308 g/mol. The molecule has 2 rings (SSSR count). The maximum absolute atomic E-state index is 10.2. The van der Waals surface area contributed by atoms with Gasteiger partial charge < -0.3 is 5.11 Å². The maximum Gasteiger partial charge on any atom is 0.0851 e. The first-order valence-corrected chi connectivity index (χ1v) is 7.74. The zero-order chi connectivity index (χ0) is 12.8. The van der Waals surface area contributed by atoms with Gasteiger partial charge in [-0.2, -0.15) is 0 Å². The average Bonchev–Trinajstić information content (AvgIpc) is 2.46. The molecule has 1 aromatic rings. The summed E-state index contributed by atoms with van der Waals surface area (Å²) in [6, 6.07) is 10.1. The van der Waals surface area contributed by atoms with Crippen LogP contribution in [-0.4, -0.2) is 16.0 Å². The van der Waals surface area contributed by atoms with E-state index >= 15 is 0 Å². The van der Waals surface area contributed by atoms with Crippen molar-refractivity contribution >= 4 is 22.0 Å². The lowest BCUT2D eigenvalue weighted by molar-refractivity contribution is 0.182. The highest BCUT2D eigenvalue weighted by atomic mass is 79.9. The summed E-state index contributed by atoms with van der Waals surface area (Å²) >= 11 is 3.68. The summed E-state index contributed by atoms with van der Waals surface area (Å²) in [6.45, 7) is 0.